The van der Waals surface area contributed by atoms with Crippen molar-refractivity contribution in [2.75, 3.05) is 4.90 Å². The number of aliphatic carboxylic acids is 1. The number of anilines is 1. The van der Waals surface area contributed by atoms with E-state index in [9.17, 15) is 9.90 Å². The van der Waals surface area contributed by atoms with E-state index in [2.05, 4.69) is 25.8 Å². The van der Waals surface area contributed by atoms with Crippen LogP contribution < -0.4 is 4.90 Å². The average molecular weight is 337 g/mol. The smallest absolute Gasteiger partial charge is 0.309 e. The van der Waals surface area contributed by atoms with E-state index in [-0.39, 0.29) is 0 Å². The Balaban J connectivity index is 1.69. The van der Waals surface area contributed by atoms with Gasteiger partial charge in [0.1, 0.15) is 5.82 Å². The lowest BCUT2D eigenvalue weighted by Gasteiger charge is -2.60. The highest BCUT2D eigenvalue weighted by Gasteiger charge is 2.58. The van der Waals surface area contributed by atoms with Crippen LogP contribution in [0.5, 0.6) is 0 Å². The quantitative estimate of drug-likeness (QED) is 0.901. The lowest BCUT2D eigenvalue weighted by molar-refractivity contribution is -0.158. The van der Waals surface area contributed by atoms with Crippen molar-refractivity contribution in [3.8, 4) is 0 Å². The molecule has 1 N–H and O–H groups in total. The average Bonchev–Trinajstić information content (AvgIpc) is 2.39. The van der Waals surface area contributed by atoms with Gasteiger partial charge in [-0.3, -0.25) is 4.79 Å². The second-order valence-electron chi connectivity index (χ2n) is 6.58. The summed E-state index contributed by atoms with van der Waals surface area (Å²) < 4.78 is 0.980. The molecule has 5 rings (SSSR count). The number of pyridine rings is 1. The summed E-state index contributed by atoms with van der Waals surface area (Å²) in [6.07, 6.45) is 6.54. The van der Waals surface area contributed by atoms with Gasteiger partial charge in [0, 0.05) is 22.8 Å². The number of carbonyl (C=O) groups is 1. The van der Waals surface area contributed by atoms with E-state index >= 15 is 0 Å². The molecular formula is C15H17BrN2O2. The molecule has 106 valence electrons. The van der Waals surface area contributed by atoms with Crippen molar-refractivity contribution in [2.24, 2.45) is 11.3 Å². The van der Waals surface area contributed by atoms with Crippen LogP contribution in [-0.4, -0.2) is 28.1 Å². The predicted octanol–water partition coefficient (Wildman–Crippen LogP) is 3.07. The molecule has 2 saturated heterocycles. The molecule has 2 atom stereocenters. The number of halogens is 1. The summed E-state index contributed by atoms with van der Waals surface area (Å²) in [6.45, 7) is 0. The van der Waals surface area contributed by atoms with Crippen molar-refractivity contribution < 1.29 is 9.90 Å². The van der Waals surface area contributed by atoms with Crippen LogP contribution in [0.25, 0.3) is 0 Å². The Hall–Kier alpha value is -1.10. The Kier molecular flexibility index (Phi) is 2.65. The predicted molar refractivity (Wildman–Crippen MR) is 78.6 cm³/mol. The zero-order valence-electron chi connectivity index (χ0n) is 11.1. The maximum absolute atomic E-state index is 11.7. The Morgan fingerprint density at radius 3 is 2.55 bits per heavy atom. The topological polar surface area (TPSA) is 53.4 Å². The van der Waals surface area contributed by atoms with Crippen LogP contribution in [0.3, 0.4) is 0 Å². The van der Waals surface area contributed by atoms with E-state index in [1.165, 1.54) is 0 Å². The zero-order valence-corrected chi connectivity index (χ0v) is 12.7. The second kappa shape index (κ2) is 4.20. The SMILES string of the molecule is O=C(O)C12CC3C[C@@H](C1)N(c1ccc(Br)cn1)[C@@H](C3)C2. The van der Waals surface area contributed by atoms with Crippen molar-refractivity contribution >= 4 is 27.7 Å². The van der Waals surface area contributed by atoms with E-state index in [0.29, 0.717) is 18.0 Å². The van der Waals surface area contributed by atoms with Gasteiger partial charge in [-0.05, 0) is 66.1 Å². The van der Waals surface area contributed by atoms with Gasteiger partial charge in [0.15, 0.2) is 0 Å². The minimum absolute atomic E-state index is 0.353. The minimum atomic E-state index is -0.583. The molecule has 3 heterocycles. The van der Waals surface area contributed by atoms with Crippen LogP contribution in [0.2, 0.25) is 0 Å². The first-order chi connectivity index (χ1) is 9.57. The number of carboxylic acids is 1. The fraction of sp³-hybridized carbons (Fsp3) is 0.600. The molecule has 2 aliphatic carbocycles. The Morgan fingerprint density at radius 1 is 1.30 bits per heavy atom. The molecule has 0 radical (unpaired) electrons. The van der Waals surface area contributed by atoms with E-state index in [0.717, 1.165) is 42.4 Å². The normalized spacial score (nSPS) is 38.2. The Morgan fingerprint density at radius 2 is 2.00 bits per heavy atom. The molecule has 0 spiro atoms. The van der Waals surface area contributed by atoms with E-state index in [4.69, 9.17) is 0 Å². The molecule has 1 aromatic heterocycles. The monoisotopic (exact) mass is 336 g/mol. The van der Waals surface area contributed by atoms with Crippen LogP contribution in [0, 0.1) is 11.3 Å². The van der Waals surface area contributed by atoms with E-state index in [1.54, 1.807) is 0 Å². The summed E-state index contributed by atoms with van der Waals surface area (Å²) in [5.74, 6) is 1.01. The van der Waals surface area contributed by atoms with Gasteiger partial charge in [-0.25, -0.2) is 4.98 Å². The van der Waals surface area contributed by atoms with Gasteiger partial charge in [-0.1, -0.05) is 0 Å². The number of piperidine rings is 2. The maximum atomic E-state index is 11.7. The maximum Gasteiger partial charge on any atom is 0.309 e. The molecule has 2 aliphatic heterocycles. The standard InChI is InChI=1S/C15H17BrN2O2/c16-10-1-2-13(17-8-10)18-11-3-9-4-12(18)7-15(5-9,6-11)14(19)20/h1-2,8-9,11-12H,3-7H2,(H,19,20)/t9?,11-,12-,15?/m0/s1. The highest BCUT2D eigenvalue weighted by Crippen LogP contribution is 2.56. The summed E-state index contributed by atoms with van der Waals surface area (Å²) in [5, 5.41) is 9.63. The first kappa shape index (κ1) is 12.6. The number of hydrogen-bond acceptors (Lipinski definition) is 3. The fourth-order valence-electron chi connectivity index (χ4n) is 4.78. The van der Waals surface area contributed by atoms with Gasteiger partial charge >= 0.3 is 5.97 Å². The summed E-state index contributed by atoms with van der Waals surface area (Å²) in [5.41, 5.74) is -0.456. The zero-order chi connectivity index (χ0) is 13.9. The molecule has 5 heteroatoms. The summed E-state index contributed by atoms with van der Waals surface area (Å²) in [6, 6.07) is 4.76. The summed E-state index contributed by atoms with van der Waals surface area (Å²) in [4.78, 5) is 18.6. The van der Waals surface area contributed by atoms with Gasteiger partial charge in [-0.2, -0.15) is 0 Å². The molecule has 0 unspecified atom stereocenters. The molecule has 0 aromatic carbocycles. The third-order valence-corrected chi connectivity index (χ3v) is 5.83. The van der Waals surface area contributed by atoms with Crippen LogP contribution in [-0.2, 0) is 4.79 Å². The van der Waals surface area contributed by atoms with Crippen molar-refractivity contribution in [3.63, 3.8) is 0 Å². The largest absolute Gasteiger partial charge is 0.481 e. The first-order valence-electron chi connectivity index (χ1n) is 7.21. The number of carboxylic acid groups (broad SMARTS) is 1. The van der Waals surface area contributed by atoms with Gasteiger partial charge in [0.2, 0.25) is 0 Å². The molecule has 0 amide bonds. The Bertz CT molecular complexity index is 543. The lowest BCUT2D eigenvalue weighted by Crippen LogP contribution is -2.64. The van der Waals surface area contributed by atoms with Gasteiger partial charge in [0.05, 0.1) is 5.41 Å². The molecule has 4 fully saturated rings. The minimum Gasteiger partial charge on any atom is -0.481 e. The fourth-order valence-corrected chi connectivity index (χ4v) is 5.02. The van der Waals surface area contributed by atoms with Gasteiger partial charge < -0.3 is 10.0 Å². The molecular weight excluding hydrogens is 320 g/mol. The molecule has 4 aliphatic rings. The third-order valence-electron chi connectivity index (χ3n) is 5.36. The van der Waals surface area contributed by atoms with Crippen LogP contribution in [0.15, 0.2) is 22.8 Å². The van der Waals surface area contributed by atoms with Crippen molar-refractivity contribution in [3.05, 3.63) is 22.8 Å². The van der Waals surface area contributed by atoms with Gasteiger partial charge in [-0.15, -0.1) is 0 Å². The molecule has 1 aromatic rings. The summed E-state index contributed by atoms with van der Waals surface area (Å²) >= 11 is 3.42. The van der Waals surface area contributed by atoms with Crippen molar-refractivity contribution in [2.45, 2.75) is 44.2 Å². The second-order valence-corrected chi connectivity index (χ2v) is 7.50. The van der Waals surface area contributed by atoms with Crippen LogP contribution >= 0.6 is 15.9 Å². The highest BCUT2D eigenvalue weighted by atomic mass is 79.9. The molecule has 4 bridgehead atoms. The molecule has 4 nitrogen and oxygen atoms in total. The number of nitrogens with zero attached hydrogens (tertiary/aromatic N) is 2. The van der Waals surface area contributed by atoms with E-state index < -0.39 is 11.4 Å². The van der Waals surface area contributed by atoms with Crippen LogP contribution in [0.1, 0.15) is 32.1 Å². The van der Waals surface area contributed by atoms with Crippen LogP contribution in [0.4, 0.5) is 5.82 Å². The number of hydrogen-bond donors (Lipinski definition) is 1. The van der Waals surface area contributed by atoms with Crippen molar-refractivity contribution in [1.82, 2.24) is 4.98 Å². The molecule has 2 saturated carbocycles. The third kappa shape index (κ3) is 1.72. The Labute approximate surface area is 126 Å². The number of rotatable bonds is 2. The molecule has 20 heavy (non-hydrogen) atoms. The summed E-state index contributed by atoms with van der Waals surface area (Å²) in [7, 11) is 0. The van der Waals surface area contributed by atoms with E-state index in [1.807, 2.05) is 18.3 Å². The lowest BCUT2D eigenvalue weighted by atomic mass is 9.55. The van der Waals surface area contributed by atoms with Crippen molar-refractivity contribution in [1.29, 1.82) is 0 Å². The highest BCUT2D eigenvalue weighted by molar-refractivity contribution is 9.10. The first-order valence-corrected chi connectivity index (χ1v) is 8.00. The van der Waals surface area contributed by atoms with Gasteiger partial charge in [0.25, 0.3) is 0 Å². The number of aromatic nitrogens is 1.